The van der Waals surface area contributed by atoms with Gasteiger partial charge < -0.3 is 9.72 Å². The minimum atomic E-state index is -0.570. The number of aromatic nitrogens is 3. The summed E-state index contributed by atoms with van der Waals surface area (Å²) >= 11 is 1.48. The van der Waals surface area contributed by atoms with Gasteiger partial charge in [-0.2, -0.15) is 4.39 Å². The van der Waals surface area contributed by atoms with Gasteiger partial charge >= 0.3 is 0 Å². The number of hydrogen-bond donors (Lipinski definition) is 1. The Bertz CT molecular complexity index is 855. The highest BCUT2D eigenvalue weighted by Gasteiger charge is 2.12. The Kier molecular flexibility index (Phi) is 3.42. The second-order valence-corrected chi connectivity index (χ2v) is 5.78. The van der Waals surface area contributed by atoms with Gasteiger partial charge in [0.1, 0.15) is 23.0 Å². The maximum absolute atomic E-state index is 12.7. The largest absolute Gasteiger partial charge is 0.484 e. The average molecular weight is 305 g/mol. The van der Waals surface area contributed by atoms with Crippen molar-refractivity contribution in [3.8, 4) is 5.75 Å². The van der Waals surface area contributed by atoms with Gasteiger partial charge in [0.05, 0.1) is 11.6 Å². The van der Waals surface area contributed by atoms with Crippen LogP contribution in [0.2, 0.25) is 0 Å². The molecule has 0 saturated heterocycles. The Morgan fingerprint density at radius 2 is 2.19 bits per heavy atom. The summed E-state index contributed by atoms with van der Waals surface area (Å²) in [6.45, 7) is 3.96. The highest BCUT2D eigenvalue weighted by atomic mass is 32.1. The average Bonchev–Trinajstić information content (AvgIpc) is 2.74. The molecule has 7 heteroatoms. The van der Waals surface area contributed by atoms with Crippen LogP contribution in [0, 0.1) is 19.8 Å². The van der Waals surface area contributed by atoms with Gasteiger partial charge in [-0.3, -0.25) is 4.79 Å². The third kappa shape index (κ3) is 2.64. The molecule has 3 aromatic heterocycles. The number of aromatic amines is 1. The van der Waals surface area contributed by atoms with E-state index < -0.39 is 5.95 Å². The first kappa shape index (κ1) is 13.7. The quantitative estimate of drug-likeness (QED) is 0.755. The van der Waals surface area contributed by atoms with E-state index in [0.29, 0.717) is 21.8 Å². The van der Waals surface area contributed by atoms with Gasteiger partial charge in [0.25, 0.3) is 5.56 Å². The number of nitrogens with one attached hydrogen (secondary N) is 1. The summed E-state index contributed by atoms with van der Waals surface area (Å²) < 4.78 is 18.1. The number of thiophene rings is 1. The summed E-state index contributed by atoms with van der Waals surface area (Å²) in [6, 6.07) is 2.68. The monoisotopic (exact) mass is 305 g/mol. The number of rotatable bonds is 3. The van der Waals surface area contributed by atoms with Crippen LogP contribution in [-0.4, -0.2) is 15.0 Å². The molecule has 0 saturated carbocycles. The van der Waals surface area contributed by atoms with Gasteiger partial charge in [-0.15, -0.1) is 11.3 Å². The van der Waals surface area contributed by atoms with Crippen LogP contribution < -0.4 is 10.3 Å². The minimum absolute atomic E-state index is 0.0918. The molecule has 0 spiro atoms. The molecule has 0 aliphatic carbocycles. The summed E-state index contributed by atoms with van der Waals surface area (Å²) in [5.41, 5.74) is 0.789. The predicted molar refractivity (Wildman–Crippen MR) is 78.2 cm³/mol. The van der Waals surface area contributed by atoms with E-state index in [-0.39, 0.29) is 12.2 Å². The second-order valence-electron chi connectivity index (χ2n) is 4.58. The lowest BCUT2D eigenvalue weighted by atomic mass is 10.2. The summed E-state index contributed by atoms with van der Waals surface area (Å²) in [5, 5.41) is 0.629. The molecule has 0 aromatic carbocycles. The fraction of sp³-hybridized carbons (Fsp3) is 0.214. The molecule has 3 rings (SSSR count). The fourth-order valence-electron chi connectivity index (χ4n) is 1.97. The first-order valence-corrected chi connectivity index (χ1v) is 7.09. The number of fused-ring (bicyclic) bond motifs is 1. The highest BCUT2D eigenvalue weighted by molar-refractivity contribution is 7.18. The zero-order valence-electron chi connectivity index (χ0n) is 11.4. The SMILES string of the molecule is Cc1sc2nc(COc3ccc(F)nc3)[nH]c(=O)c2c1C. The van der Waals surface area contributed by atoms with Crippen molar-refractivity contribution < 1.29 is 9.13 Å². The molecule has 5 nitrogen and oxygen atoms in total. The van der Waals surface area contributed by atoms with Gasteiger partial charge in [0.15, 0.2) is 0 Å². The summed E-state index contributed by atoms with van der Waals surface area (Å²) in [7, 11) is 0. The van der Waals surface area contributed by atoms with Crippen LogP contribution in [0.5, 0.6) is 5.75 Å². The standard InChI is InChI=1S/C14H12FN3O2S/c1-7-8(2)21-14-12(7)13(19)17-11(18-14)6-20-9-3-4-10(15)16-5-9/h3-5H,6H2,1-2H3,(H,17,18,19). The van der Waals surface area contributed by atoms with E-state index in [2.05, 4.69) is 15.0 Å². The Labute approximate surface area is 123 Å². The molecule has 1 N–H and O–H groups in total. The molecule has 0 bridgehead atoms. The van der Waals surface area contributed by atoms with E-state index in [0.717, 1.165) is 10.4 Å². The molecule has 0 unspecified atom stereocenters. The van der Waals surface area contributed by atoms with Gasteiger partial charge in [-0.1, -0.05) is 0 Å². The van der Waals surface area contributed by atoms with Gasteiger partial charge in [-0.05, 0) is 31.5 Å². The van der Waals surface area contributed by atoms with Crippen LogP contribution in [0.15, 0.2) is 23.1 Å². The topological polar surface area (TPSA) is 67.9 Å². The molecule has 0 radical (unpaired) electrons. The molecule has 21 heavy (non-hydrogen) atoms. The predicted octanol–water partition coefficient (Wildman–Crippen LogP) is 2.71. The third-order valence-corrected chi connectivity index (χ3v) is 4.27. The lowest BCUT2D eigenvalue weighted by molar-refractivity contribution is 0.294. The van der Waals surface area contributed by atoms with E-state index in [4.69, 9.17) is 4.74 Å². The molecule has 0 fully saturated rings. The zero-order chi connectivity index (χ0) is 15.0. The van der Waals surface area contributed by atoms with Crippen molar-refractivity contribution in [3.05, 3.63) is 50.9 Å². The van der Waals surface area contributed by atoms with Crippen LogP contribution in [0.4, 0.5) is 4.39 Å². The van der Waals surface area contributed by atoms with Crippen LogP contribution in [0.3, 0.4) is 0 Å². The van der Waals surface area contributed by atoms with Gasteiger partial charge in [-0.25, -0.2) is 9.97 Å². The van der Waals surface area contributed by atoms with Crippen molar-refractivity contribution in [2.45, 2.75) is 20.5 Å². The molecule has 0 atom stereocenters. The Balaban J connectivity index is 1.88. The van der Waals surface area contributed by atoms with Gasteiger partial charge in [0, 0.05) is 4.88 Å². The number of halogens is 1. The van der Waals surface area contributed by atoms with E-state index in [1.165, 1.54) is 29.7 Å². The summed E-state index contributed by atoms with van der Waals surface area (Å²) in [6.07, 6.45) is 1.28. The maximum Gasteiger partial charge on any atom is 0.260 e. The van der Waals surface area contributed by atoms with Crippen LogP contribution in [-0.2, 0) is 6.61 Å². The molecule has 0 aliphatic heterocycles. The van der Waals surface area contributed by atoms with E-state index in [9.17, 15) is 9.18 Å². The van der Waals surface area contributed by atoms with Crippen molar-refractivity contribution in [2.75, 3.05) is 0 Å². The lowest BCUT2D eigenvalue weighted by Crippen LogP contribution is -2.13. The minimum Gasteiger partial charge on any atom is -0.484 e. The number of aryl methyl sites for hydroxylation is 2. The maximum atomic E-state index is 12.7. The number of ether oxygens (including phenoxy) is 1. The fourth-order valence-corrected chi connectivity index (χ4v) is 3.02. The van der Waals surface area contributed by atoms with Crippen LogP contribution >= 0.6 is 11.3 Å². The van der Waals surface area contributed by atoms with Crippen molar-refractivity contribution in [2.24, 2.45) is 0 Å². The lowest BCUT2D eigenvalue weighted by Gasteiger charge is -2.05. The van der Waals surface area contributed by atoms with Crippen molar-refractivity contribution in [1.29, 1.82) is 0 Å². The smallest absolute Gasteiger partial charge is 0.260 e. The van der Waals surface area contributed by atoms with Gasteiger partial charge in [0.2, 0.25) is 5.95 Å². The Morgan fingerprint density at radius 3 is 2.90 bits per heavy atom. The molecular weight excluding hydrogens is 293 g/mol. The number of pyridine rings is 1. The number of nitrogens with zero attached hydrogens (tertiary/aromatic N) is 2. The molecule has 0 aliphatic rings. The first-order valence-electron chi connectivity index (χ1n) is 6.28. The Hall–Kier alpha value is -2.28. The normalized spacial score (nSPS) is 11.0. The zero-order valence-corrected chi connectivity index (χ0v) is 12.3. The summed E-state index contributed by atoms with van der Waals surface area (Å²) in [4.78, 5) is 24.4. The van der Waals surface area contributed by atoms with Crippen LogP contribution in [0.25, 0.3) is 10.2 Å². The van der Waals surface area contributed by atoms with Crippen molar-refractivity contribution in [1.82, 2.24) is 15.0 Å². The molecular formula is C14H12FN3O2S. The molecule has 3 aromatic rings. The first-order chi connectivity index (χ1) is 10.0. The second kappa shape index (κ2) is 5.25. The molecule has 108 valence electrons. The molecule has 0 amide bonds. The molecule has 3 heterocycles. The Morgan fingerprint density at radius 1 is 1.38 bits per heavy atom. The van der Waals surface area contributed by atoms with Crippen molar-refractivity contribution in [3.63, 3.8) is 0 Å². The van der Waals surface area contributed by atoms with Crippen molar-refractivity contribution >= 4 is 21.6 Å². The van der Waals surface area contributed by atoms with E-state index in [1.54, 1.807) is 0 Å². The van der Waals surface area contributed by atoms with E-state index >= 15 is 0 Å². The number of hydrogen-bond acceptors (Lipinski definition) is 5. The highest BCUT2D eigenvalue weighted by Crippen LogP contribution is 2.25. The van der Waals surface area contributed by atoms with Crippen LogP contribution in [0.1, 0.15) is 16.3 Å². The third-order valence-electron chi connectivity index (χ3n) is 3.16. The van der Waals surface area contributed by atoms with E-state index in [1.807, 2.05) is 13.8 Å². The number of H-pyrrole nitrogens is 1. The summed E-state index contributed by atoms with van der Waals surface area (Å²) in [5.74, 6) is 0.274.